The van der Waals surface area contributed by atoms with Crippen molar-refractivity contribution in [2.45, 2.75) is 109 Å². The maximum atomic E-state index is 10.3. The molecule has 3 rings (SSSR count). The number of aliphatic hydroxyl groups excluding tert-OH is 2. The van der Waals surface area contributed by atoms with Crippen molar-refractivity contribution in [3.8, 4) is 0 Å². The summed E-state index contributed by atoms with van der Waals surface area (Å²) in [5.41, 5.74) is 0.639. The molecule has 4 heteroatoms. The van der Waals surface area contributed by atoms with Crippen LogP contribution in [0.4, 0.5) is 0 Å². The third-order valence-electron chi connectivity index (χ3n) is 8.31. The van der Waals surface area contributed by atoms with E-state index in [4.69, 9.17) is 4.11 Å². The van der Waals surface area contributed by atoms with Crippen LogP contribution in [0.25, 0.3) is 0 Å². The van der Waals surface area contributed by atoms with Gasteiger partial charge in [-0.15, -0.1) is 0 Å². The van der Waals surface area contributed by atoms with Gasteiger partial charge in [-0.1, -0.05) is 38.2 Å². The van der Waals surface area contributed by atoms with Gasteiger partial charge in [0.2, 0.25) is 0 Å². The monoisotopic (exact) mass is 435 g/mol. The van der Waals surface area contributed by atoms with Crippen molar-refractivity contribution in [3.63, 3.8) is 0 Å². The van der Waals surface area contributed by atoms with E-state index in [1.807, 2.05) is 6.08 Å². The van der Waals surface area contributed by atoms with Crippen molar-refractivity contribution in [2.75, 3.05) is 0 Å². The van der Waals surface area contributed by atoms with Gasteiger partial charge in [0, 0.05) is 9.16 Å². The van der Waals surface area contributed by atoms with Gasteiger partial charge in [-0.25, -0.2) is 0 Å². The molecule has 176 valence electrons. The smallest absolute Gasteiger partial charge is 0.0849 e. The van der Waals surface area contributed by atoms with Gasteiger partial charge >= 0.3 is 0 Å². The van der Waals surface area contributed by atoms with E-state index in [9.17, 15) is 20.4 Å². The first-order valence-corrected chi connectivity index (χ1v) is 11.9. The van der Waals surface area contributed by atoms with Gasteiger partial charge in [-0.3, -0.25) is 0 Å². The summed E-state index contributed by atoms with van der Waals surface area (Å²) in [6.07, 6.45) is 3.34. The van der Waals surface area contributed by atoms with Crippen molar-refractivity contribution in [1.82, 2.24) is 0 Å². The Morgan fingerprint density at radius 3 is 2.68 bits per heavy atom. The van der Waals surface area contributed by atoms with Gasteiger partial charge < -0.3 is 20.4 Å². The molecule has 3 aliphatic rings. The van der Waals surface area contributed by atoms with Crippen LogP contribution >= 0.6 is 0 Å². The zero-order chi connectivity index (χ0) is 25.7. The van der Waals surface area contributed by atoms with E-state index in [-0.39, 0.29) is 16.6 Å². The quantitative estimate of drug-likeness (QED) is 0.488. The van der Waals surface area contributed by atoms with Crippen LogP contribution in [0.5, 0.6) is 0 Å². The molecule has 0 bridgehead atoms. The Morgan fingerprint density at radius 1 is 1.29 bits per heavy atom. The first-order valence-electron chi connectivity index (χ1n) is 13.4. The van der Waals surface area contributed by atoms with Crippen LogP contribution in [0.1, 0.15) is 89.5 Å². The predicted octanol–water partition coefficient (Wildman–Crippen LogP) is 4.68. The van der Waals surface area contributed by atoms with Gasteiger partial charge in [0.15, 0.2) is 0 Å². The van der Waals surface area contributed by atoms with E-state index in [1.54, 1.807) is 19.9 Å². The Balaban J connectivity index is 1.81. The molecule has 0 saturated heterocycles. The van der Waals surface area contributed by atoms with E-state index in [0.29, 0.717) is 24.2 Å². The molecule has 0 amide bonds. The van der Waals surface area contributed by atoms with Gasteiger partial charge in [0.25, 0.3) is 0 Å². The Morgan fingerprint density at radius 2 is 2.00 bits per heavy atom. The molecule has 0 heterocycles. The second-order valence-corrected chi connectivity index (χ2v) is 11.0. The zero-order valence-corrected chi connectivity index (χ0v) is 19.7. The second-order valence-electron chi connectivity index (χ2n) is 11.0. The Hall–Kier alpha value is -0.940. The molecule has 4 nitrogen and oxygen atoms in total. The average Bonchev–Trinajstić information content (AvgIpc) is 3.07. The van der Waals surface area contributed by atoms with Gasteiger partial charge in [-0.05, 0) is 99.5 Å². The van der Waals surface area contributed by atoms with E-state index in [1.165, 1.54) is 5.57 Å². The Labute approximate surface area is 193 Å². The van der Waals surface area contributed by atoms with Crippen LogP contribution in [-0.2, 0) is 0 Å². The summed E-state index contributed by atoms with van der Waals surface area (Å²) < 4.78 is 24.7. The summed E-state index contributed by atoms with van der Waals surface area (Å²) in [5.74, 6) is 1.32. The van der Waals surface area contributed by atoms with Crippen molar-refractivity contribution in [3.05, 3.63) is 35.5 Å². The van der Waals surface area contributed by atoms with Crippen LogP contribution in [-0.4, -0.2) is 44.3 Å². The molecule has 0 spiro atoms. The van der Waals surface area contributed by atoms with Crippen molar-refractivity contribution in [2.24, 2.45) is 23.2 Å². The van der Waals surface area contributed by atoms with Crippen LogP contribution in [0.2, 0.25) is 0 Å². The highest BCUT2D eigenvalue weighted by molar-refractivity contribution is 5.38. The minimum atomic E-state index is -2.40. The van der Waals surface area contributed by atoms with E-state index in [2.05, 4.69) is 20.4 Å². The van der Waals surface area contributed by atoms with E-state index < -0.39 is 36.7 Å². The summed E-state index contributed by atoms with van der Waals surface area (Å²) >= 11 is 0. The molecule has 3 fully saturated rings. The highest BCUT2D eigenvalue weighted by atomic mass is 16.3. The molecule has 0 aromatic rings. The summed E-state index contributed by atoms with van der Waals surface area (Å²) in [6.45, 7) is 11.8. The maximum absolute atomic E-state index is 10.3. The van der Waals surface area contributed by atoms with Crippen LogP contribution in [0.3, 0.4) is 0 Å². The van der Waals surface area contributed by atoms with Gasteiger partial charge in [-0.2, -0.15) is 0 Å². The standard InChI is InChI=1S/C27H44O4/c1-17(8-13-25(30)26(3,4)31)22-11-12-23-19(7-6-14-27(22,23)5)9-10-20-15-21(28)16-24(29)18(20)2/h9-10,17,21-25,28-31H,2,6-8,11-16H2,1,3-5H3/b19-9+,20-10-/t17-,21-,22-,23+,24+,25-,27-/m1/s1/i15D2,21D. The van der Waals surface area contributed by atoms with E-state index >= 15 is 0 Å². The molecule has 4 N–H and O–H groups in total. The minimum Gasteiger partial charge on any atom is -0.393 e. The highest BCUT2D eigenvalue weighted by Crippen LogP contribution is 2.60. The lowest BCUT2D eigenvalue weighted by atomic mass is 9.60. The fourth-order valence-corrected chi connectivity index (χ4v) is 6.30. The van der Waals surface area contributed by atoms with Crippen molar-refractivity contribution < 1.29 is 24.5 Å². The zero-order valence-electron chi connectivity index (χ0n) is 22.7. The molecule has 0 aromatic carbocycles. The average molecular weight is 436 g/mol. The number of allylic oxidation sites excluding steroid dienone is 3. The largest absolute Gasteiger partial charge is 0.393 e. The molecule has 0 aromatic heterocycles. The molecule has 3 saturated carbocycles. The van der Waals surface area contributed by atoms with E-state index in [0.717, 1.165) is 38.5 Å². The Kier molecular flexibility index (Phi) is 6.33. The van der Waals surface area contributed by atoms with Crippen LogP contribution in [0, 0.1) is 23.2 Å². The summed E-state index contributed by atoms with van der Waals surface area (Å²) in [7, 11) is 0. The Bertz CT molecular complexity index is 841. The lowest BCUT2D eigenvalue weighted by molar-refractivity contribution is -0.0554. The van der Waals surface area contributed by atoms with Gasteiger partial charge in [0.1, 0.15) is 0 Å². The molecule has 7 atom stereocenters. The third-order valence-corrected chi connectivity index (χ3v) is 8.31. The maximum Gasteiger partial charge on any atom is 0.0849 e. The summed E-state index contributed by atoms with van der Waals surface area (Å²) in [5, 5.41) is 40.9. The fourth-order valence-electron chi connectivity index (χ4n) is 6.30. The topological polar surface area (TPSA) is 80.9 Å². The lowest BCUT2D eigenvalue weighted by Crippen LogP contribution is -2.38. The first-order chi connectivity index (χ1) is 15.5. The number of aliphatic hydroxyl groups is 4. The lowest BCUT2D eigenvalue weighted by Gasteiger charge is -2.44. The number of rotatable bonds is 6. The van der Waals surface area contributed by atoms with Gasteiger partial charge in [0.05, 0.1) is 25.3 Å². The second kappa shape index (κ2) is 9.51. The van der Waals surface area contributed by atoms with Crippen molar-refractivity contribution >= 4 is 0 Å². The third kappa shape index (κ3) is 5.35. The number of hydrogen-bond acceptors (Lipinski definition) is 4. The number of hydrogen-bond donors (Lipinski definition) is 4. The summed E-state index contributed by atoms with van der Waals surface area (Å²) in [4.78, 5) is 0. The molecule has 0 radical (unpaired) electrons. The molecule has 31 heavy (non-hydrogen) atoms. The normalized spacial score (nSPS) is 44.5. The predicted molar refractivity (Wildman–Crippen MR) is 125 cm³/mol. The highest BCUT2D eigenvalue weighted by Gasteiger charge is 2.50. The van der Waals surface area contributed by atoms with Crippen LogP contribution < -0.4 is 0 Å². The molecule has 0 aliphatic heterocycles. The van der Waals surface area contributed by atoms with Crippen LogP contribution in [0.15, 0.2) is 35.5 Å². The summed E-state index contributed by atoms with van der Waals surface area (Å²) in [6, 6.07) is 0. The minimum absolute atomic E-state index is 0.104. The SMILES string of the molecule is [2H]C1([2H])/C(=C/C=C2\CCC[C@]3(C)[C@@H]([C@H](C)CC[C@@H](O)C(C)(C)O)CC[C@@H]23)C(=C)[C@@H](O)C[C@]1([2H])O. The molecule has 0 unspecified atom stereocenters. The molecular weight excluding hydrogens is 388 g/mol. The fraction of sp³-hybridized carbons (Fsp3) is 0.778. The number of fused-ring (bicyclic) bond motifs is 1. The molecular formula is C27H44O4. The molecule has 3 aliphatic carbocycles. The first kappa shape index (κ1) is 20.7. The van der Waals surface area contributed by atoms with Crippen molar-refractivity contribution in [1.29, 1.82) is 0 Å².